The maximum absolute atomic E-state index is 10.9. The summed E-state index contributed by atoms with van der Waals surface area (Å²) in [7, 11) is 0. The molecule has 0 saturated carbocycles. The number of nitrogens with two attached hydrogens (primary N) is 1. The smallest absolute Gasteiger partial charge is 0.217 e. The fourth-order valence-electron chi connectivity index (χ4n) is 2.09. The molecular formula is C12H17N3O. The predicted molar refractivity (Wildman–Crippen MR) is 65.3 cm³/mol. The summed E-state index contributed by atoms with van der Waals surface area (Å²) < 4.78 is 0. The molecule has 1 amide bonds. The third-order valence-electron chi connectivity index (χ3n) is 2.85. The Bertz CT molecular complexity index is 374. The zero-order valence-corrected chi connectivity index (χ0v) is 9.44. The lowest BCUT2D eigenvalue weighted by molar-refractivity contribution is -0.119. The van der Waals surface area contributed by atoms with Crippen LogP contribution in [0.4, 0.5) is 11.4 Å². The molecule has 3 N–H and O–H groups in total. The fraction of sp³-hybridized carbons (Fsp3) is 0.417. The van der Waals surface area contributed by atoms with Crippen LogP contribution < -0.4 is 16.0 Å². The zero-order chi connectivity index (χ0) is 11.5. The molecule has 2 rings (SSSR count). The molecule has 16 heavy (non-hydrogen) atoms. The van der Waals surface area contributed by atoms with Gasteiger partial charge in [-0.1, -0.05) is 0 Å². The molecule has 0 bridgehead atoms. The first kappa shape index (κ1) is 10.8. The molecule has 1 aromatic rings. The van der Waals surface area contributed by atoms with E-state index in [1.54, 1.807) is 6.92 Å². The largest absolute Gasteiger partial charge is 0.399 e. The van der Waals surface area contributed by atoms with Gasteiger partial charge < -0.3 is 16.0 Å². The van der Waals surface area contributed by atoms with E-state index in [2.05, 4.69) is 10.2 Å². The van der Waals surface area contributed by atoms with Crippen molar-refractivity contribution in [1.82, 2.24) is 5.32 Å². The van der Waals surface area contributed by atoms with E-state index in [0.29, 0.717) is 0 Å². The van der Waals surface area contributed by atoms with Gasteiger partial charge in [0.2, 0.25) is 5.91 Å². The molecule has 0 spiro atoms. The monoisotopic (exact) mass is 219 g/mol. The van der Waals surface area contributed by atoms with E-state index in [1.165, 1.54) is 5.69 Å². The summed E-state index contributed by atoms with van der Waals surface area (Å²) in [6.07, 6.45) is 1.00. The first-order valence-corrected chi connectivity index (χ1v) is 5.53. The van der Waals surface area contributed by atoms with E-state index in [9.17, 15) is 4.79 Å². The number of anilines is 2. The van der Waals surface area contributed by atoms with Crippen molar-refractivity contribution in [3.05, 3.63) is 24.3 Å². The number of carbonyl (C=O) groups excluding carboxylic acids is 1. The van der Waals surface area contributed by atoms with Gasteiger partial charge in [0.1, 0.15) is 0 Å². The topological polar surface area (TPSA) is 58.4 Å². The average Bonchev–Trinajstić information content (AvgIpc) is 2.66. The van der Waals surface area contributed by atoms with Gasteiger partial charge >= 0.3 is 0 Å². The molecule has 1 saturated heterocycles. The molecular weight excluding hydrogens is 202 g/mol. The minimum Gasteiger partial charge on any atom is -0.399 e. The van der Waals surface area contributed by atoms with Crippen molar-refractivity contribution in [1.29, 1.82) is 0 Å². The third-order valence-corrected chi connectivity index (χ3v) is 2.85. The molecule has 1 aliphatic heterocycles. The molecule has 1 aliphatic rings. The van der Waals surface area contributed by atoms with Crippen molar-refractivity contribution < 1.29 is 4.79 Å². The maximum Gasteiger partial charge on any atom is 0.217 e. The molecule has 1 unspecified atom stereocenters. The Morgan fingerprint density at radius 3 is 2.75 bits per heavy atom. The third kappa shape index (κ3) is 2.45. The van der Waals surface area contributed by atoms with Gasteiger partial charge in [-0.05, 0) is 30.7 Å². The molecule has 0 aromatic heterocycles. The highest BCUT2D eigenvalue weighted by atomic mass is 16.1. The highest BCUT2D eigenvalue weighted by Crippen LogP contribution is 2.21. The van der Waals surface area contributed by atoms with Crippen molar-refractivity contribution in [2.45, 2.75) is 19.4 Å². The number of hydrogen-bond donors (Lipinski definition) is 2. The van der Waals surface area contributed by atoms with Crippen molar-refractivity contribution in [2.75, 3.05) is 23.7 Å². The van der Waals surface area contributed by atoms with E-state index < -0.39 is 0 Å². The zero-order valence-electron chi connectivity index (χ0n) is 9.44. The molecule has 1 heterocycles. The van der Waals surface area contributed by atoms with Crippen molar-refractivity contribution in [2.24, 2.45) is 0 Å². The second-order valence-electron chi connectivity index (χ2n) is 4.22. The van der Waals surface area contributed by atoms with Crippen LogP contribution in [0.15, 0.2) is 24.3 Å². The first-order valence-electron chi connectivity index (χ1n) is 5.53. The van der Waals surface area contributed by atoms with Crippen LogP contribution in [0.5, 0.6) is 0 Å². The van der Waals surface area contributed by atoms with Crippen LogP contribution in [0.25, 0.3) is 0 Å². The lowest BCUT2D eigenvalue weighted by atomic mass is 10.2. The molecule has 4 heteroatoms. The van der Waals surface area contributed by atoms with Crippen molar-refractivity contribution in [3.8, 4) is 0 Å². The second kappa shape index (κ2) is 4.43. The second-order valence-corrected chi connectivity index (χ2v) is 4.22. The van der Waals surface area contributed by atoms with Gasteiger partial charge in [-0.25, -0.2) is 0 Å². The quantitative estimate of drug-likeness (QED) is 0.729. The summed E-state index contributed by atoms with van der Waals surface area (Å²) in [5.74, 6) is 0.0455. The van der Waals surface area contributed by atoms with E-state index in [0.717, 1.165) is 25.2 Å². The molecule has 1 aromatic carbocycles. The van der Waals surface area contributed by atoms with Gasteiger partial charge in [0.15, 0.2) is 0 Å². The molecule has 4 nitrogen and oxygen atoms in total. The lowest BCUT2D eigenvalue weighted by Gasteiger charge is -2.18. The predicted octanol–water partition coefficient (Wildman–Crippen LogP) is 0.984. The number of nitrogen functional groups attached to an aromatic ring is 1. The average molecular weight is 219 g/mol. The van der Waals surface area contributed by atoms with E-state index in [1.807, 2.05) is 24.3 Å². The van der Waals surface area contributed by atoms with E-state index in [4.69, 9.17) is 5.73 Å². The Balaban J connectivity index is 1.98. The van der Waals surface area contributed by atoms with Gasteiger partial charge in [-0.2, -0.15) is 0 Å². The highest BCUT2D eigenvalue weighted by Gasteiger charge is 2.22. The summed E-state index contributed by atoms with van der Waals surface area (Å²) in [6, 6.07) is 8.12. The fourth-order valence-corrected chi connectivity index (χ4v) is 2.09. The van der Waals surface area contributed by atoms with Crippen molar-refractivity contribution in [3.63, 3.8) is 0 Å². The van der Waals surface area contributed by atoms with Gasteiger partial charge in [-0.3, -0.25) is 4.79 Å². The summed E-state index contributed by atoms with van der Waals surface area (Å²) in [5, 5.41) is 2.95. The van der Waals surface area contributed by atoms with Crippen LogP contribution in [0.1, 0.15) is 13.3 Å². The Hall–Kier alpha value is -1.71. The number of carbonyl (C=O) groups is 1. The van der Waals surface area contributed by atoms with Gasteiger partial charge in [0.25, 0.3) is 0 Å². The number of hydrogen-bond acceptors (Lipinski definition) is 3. The number of amides is 1. The van der Waals surface area contributed by atoms with Crippen LogP contribution in [0.3, 0.4) is 0 Å². The molecule has 0 aliphatic carbocycles. The number of benzene rings is 1. The molecule has 1 fully saturated rings. The Morgan fingerprint density at radius 1 is 1.44 bits per heavy atom. The SMILES string of the molecule is CC(=O)NC1CCN(c2ccc(N)cc2)C1. The Labute approximate surface area is 95.4 Å². The lowest BCUT2D eigenvalue weighted by Crippen LogP contribution is -2.35. The first-order chi connectivity index (χ1) is 7.65. The summed E-state index contributed by atoms with van der Waals surface area (Å²) in [5.41, 5.74) is 7.59. The summed E-state index contributed by atoms with van der Waals surface area (Å²) in [4.78, 5) is 13.2. The van der Waals surface area contributed by atoms with Crippen LogP contribution >= 0.6 is 0 Å². The Kier molecular flexibility index (Phi) is 2.99. The number of rotatable bonds is 2. The van der Waals surface area contributed by atoms with Crippen LogP contribution in [0, 0.1) is 0 Å². The standard InChI is InChI=1S/C12H17N3O/c1-9(16)14-11-6-7-15(8-11)12-4-2-10(13)3-5-12/h2-5,11H,6-8,13H2,1H3,(H,14,16). The highest BCUT2D eigenvalue weighted by molar-refractivity contribution is 5.73. The summed E-state index contributed by atoms with van der Waals surface area (Å²) in [6.45, 7) is 3.42. The molecule has 1 atom stereocenters. The number of nitrogens with one attached hydrogen (secondary N) is 1. The summed E-state index contributed by atoms with van der Waals surface area (Å²) >= 11 is 0. The molecule has 0 radical (unpaired) electrons. The molecule has 86 valence electrons. The number of nitrogens with zero attached hydrogens (tertiary/aromatic N) is 1. The van der Waals surface area contributed by atoms with Crippen LogP contribution in [0.2, 0.25) is 0 Å². The van der Waals surface area contributed by atoms with Gasteiger partial charge in [0.05, 0.1) is 0 Å². The van der Waals surface area contributed by atoms with Crippen LogP contribution in [-0.2, 0) is 4.79 Å². The van der Waals surface area contributed by atoms with E-state index in [-0.39, 0.29) is 11.9 Å². The maximum atomic E-state index is 10.9. The normalized spacial score (nSPS) is 19.8. The van der Waals surface area contributed by atoms with Gasteiger partial charge in [-0.15, -0.1) is 0 Å². The van der Waals surface area contributed by atoms with Crippen LogP contribution in [-0.4, -0.2) is 25.0 Å². The minimum atomic E-state index is 0.0455. The van der Waals surface area contributed by atoms with Crippen molar-refractivity contribution >= 4 is 17.3 Å². The minimum absolute atomic E-state index is 0.0455. The Morgan fingerprint density at radius 2 is 2.12 bits per heavy atom. The van der Waals surface area contributed by atoms with Gasteiger partial charge in [0, 0.05) is 37.4 Å². The van der Waals surface area contributed by atoms with E-state index >= 15 is 0 Å².